The number of likely N-dealkylation sites (tertiary alicyclic amines) is 7. The average Bonchev–Trinajstić information content (AvgIpc) is 0.879. The van der Waals surface area contributed by atoms with Gasteiger partial charge in [-0.05, 0) is 205 Å². The van der Waals surface area contributed by atoms with E-state index < -0.39 is 101 Å². The first-order valence-electron chi connectivity index (χ1n) is 48.6. The van der Waals surface area contributed by atoms with Crippen molar-refractivity contribution in [1.82, 2.24) is 34.3 Å². The first-order valence-corrected chi connectivity index (χ1v) is 50.7. The number of unbranched alkanes of at least 4 members (excludes halogenated alkanes) is 6. The minimum atomic E-state index is -4.31. The van der Waals surface area contributed by atoms with E-state index in [1.54, 1.807) is 89.5 Å². The van der Waals surface area contributed by atoms with Gasteiger partial charge < -0.3 is 79.8 Å². The van der Waals surface area contributed by atoms with Crippen LogP contribution in [0.5, 0.6) is 0 Å². The average molecular weight is 1950 g/mol. The van der Waals surface area contributed by atoms with Crippen LogP contribution >= 0.6 is 19.8 Å². The van der Waals surface area contributed by atoms with E-state index in [0.717, 1.165) is 154 Å². The number of hydrogen-bond acceptors (Lipinski definition) is 22. The molecule has 9 rings (SSSR count). The molecule has 7 saturated heterocycles. The maximum atomic E-state index is 12.6. The predicted molar refractivity (Wildman–Crippen MR) is 509 cm³/mol. The van der Waals surface area contributed by atoms with E-state index in [9.17, 15) is 105 Å². The first kappa shape index (κ1) is 120. The standard InChI is InChI=1S/C20H27NO4.C15H25NO4.C13H22N2O3.3C13H21NO4.C11H14NO5PS/c22-18(23)14-7-2-1-6-12-17-13-8-9-15-21(17)20(25)19(24)16-10-4-3-5-11-16;1-15(2,3)13(19)14(20)16-10-6-8-11(16)7-4-5-9-12(17)18;1-4-13(2,3)10(16)12(18)15-8-6-5-7-9(15)11(14)17;1-10(15)13(18)14-9-5-7-11(14)6-3-2-4-8-12(16)17;1-2-5-11(15)13(18)14-9-4-7-10(14)6-3-8-12(16)17;1-2-5-11(15)13(18)14-9-4-3-6-10(14)7-8-12(16)17;13-10(8-4-3-7-17-8)11(19)12-6-2-1-5-9(12)18(14,15)16/h3-5,10-11,17H,1-2,6-9,12-15H2,(H,22,23);11H,4-10H2,1-3H3,(H,17,18);9H,4-8H2,1-3H3,(H2,14,17);11H,2-9H2,1H3,(H,16,17);2*10H,2-9H2,1H3,(H,16,17);3-4,7,9H,1-2,5-6H2,(H2,14,15,16). The first-order chi connectivity index (χ1) is 64.2. The topological polar surface area (TPSA) is 545 Å². The molecule has 762 valence electrons. The van der Waals surface area contributed by atoms with Crippen LogP contribution in [0.15, 0.2) is 53.1 Å². The number of thiocarbonyl (C=S) groups is 1. The molecule has 136 heavy (non-hydrogen) atoms. The van der Waals surface area contributed by atoms with E-state index in [1.165, 1.54) is 29.1 Å². The molecular weight excluding hydrogens is 1800 g/mol. The Kier molecular flexibility index (Phi) is 55.3. The van der Waals surface area contributed by atoms with Crippen LogP contribution in [0.4, 0.5) is 0 Å². The van der Waals surface area contributed by atoms with Crippen molar-refractivity contribution in [2.75, 3.05) is 45.8 Å². The van der Waals surface area contributed by atoms with Crippen molar-refractivity contribution < 1.29 is 135 Å². The number of rotatable bonds is 42. The Morgan fingerprint density at radius 3 is 1.17 bits per heavy atom. The highest BCUT2D eigenvalue weighted by Gasteiger charge is 2.43. The fraction of sp³-hybridized carbons (Fsp3) is 0.694. The SMILES string of the molecule is CC(=O)C(=O)N1CCCC1CCCCCC(=O)O.CC(C)(C)C(=O)C(=O)N1CCCC1CCCCC(=O)O.CCC(C)(C)C(=O)C(=O)N1CCCCC1C(N)=O.CCCC(=O)C(=O)N1CCCC1CCCC(=O)O.CCCC(=O)C(=O)N1CCCCC1CCC(=O)O.O=C(C(=S)N1CCCCC1P(=O)(O)O)c1ccco1.O=C(O)CCCCCCC1CCCCN1C(=O)C(=O)c1ccccc1. The summed E-state index contributed by atoms with van der Waals surface area (Å²) in [6, 6.07) is 11.5. The number of benzene rings is 1. The molecule has 0 bridgehead atoms. The third-order valence-corrected chi connectivity index (χ3v) is 27.0. The Balaban J connectivity index is 0.000000410. The van der Waals surface area contributed by atoms with Gasteiger partial charge in [-0.25, -0.2) is 0 Å². The van der Waals surface area contributed by atoms with Gasteiger partial charge in [-0.3, -0.25) is 95.7 Å². The van der Waals surface area contributed by atoms with Crippen LogP contribution in [0.2, 0.25) is 0 Å². The number of carbonyl (C=O) groups excluding carboxylic acids is 14. The van der Waals surface area contributed by atoms with Crippen LogP contribution in [0.1, 0.15) is 359 Å². The second kappa shape index (κ2) is 62.7. The molecule has 0 radical (unpaired) electrons. The lowest BCUT2D eigenvalue weighted by atomic mass is 9.84. The molecule has 8 heterocycles. The number of carbonyl (C=O) groups is 19. The van der Waals surface area contributed by atoms with Gasteiger partial charge in [0.1, 0.15) is 11.8 Å². The Hall–Kier alpha value is -10.1. The molecule has 38 heteroatoms. The molecule has 2 aromatic rings. The minimum Gasteiger partial charge on any atom is -0.481 e. The molecule has 7 aliphatic rings. The van der Waals surface area contributed by atoms with Gasteiger partial charge in [0.25, 0.3) is 41.2 Å². The molecule has 0 saturated carbocycles. The maximum absolute atomic E-state index is 12.6. The minimum absolute atomic E-state index is 0.0520. The maximum Gasteiger partial charge on any atom is 0.347 e. The molecule has 1 aromatic carbocycles. The van der Waals surface area contributed by atoms with Crippen molar-refractivity contribution in [3.63, 3.8) is 0 Å². The highest BCUT2D eigenvalue weighted by Crippen LogP contribution is 2.47. The van der Waals surface area contributed by atoms with E-state index in [2.05, 4.69) is 0 Å². The number of nitrogens with two attached hydrogens (primary N) is 1. The number of primary amides is 1. The molecule has 7 atom stereocenters. The van der Waals surface area contributed by atoms with Crippen LogP contribution in [0.25, 0.3) is 0 Å². The Morgan fingerprint density at radius 1 is 0.390 bits per heavy atom. The lowest BCUT2D eigenvalue weighted by molar-refractivity contribution is -0.153. The smallest absolute Gasteiger partial charge is 0.347 e. The van der Waals surface area contributed by atoms with Crippen molar-refractivity contribution in [2.45, 2.75) is 380 Å². The molecule has 7 aliphatic heterocycles. The van der Waals surface area contributed by atoms with E-state index in [0.29, 0.717) is 135 Å². The number of furan rings is 1. The quantitative estimate of drug-likeness (QED) is 0.0101. The van der Waals surface area contributed by atoms with Gasteiger partial charge in [0, 0.05) is 144 Å². The number of carboxylic acid groups (broad SMARTS) is 5. The molecule has 7 unspecified atom stereocenters. The normalized spacial score (nSPS) is 19.2. The summed E-state index contributed by atoms with van der Waals surface area (Å²) >= 11 is 5.06. The van der Waals surface area contributed by atoms with E-state index in [-0.39, 0.29) is 120 Å². The Morgan fingerprint density at radius 2 is 0.750 bits per heavy atom. The van der Waals surface area contributed by atoms with Crippen LogP contribution in [0, 0.1) is 10.8 Å². The predicted octanol–water partition coefficient (Wildman–Crippen LogP) is 13.4. The number of aliphatic carboxylic acids is 5. The van der Waals surface area contributed by atoms with Crippen LogP contribution in [-0.4, -0.2) is 274 Å². The summed E-state index contributed by atoms with van der Waals surface area (Å²) in [7, 11) is -4.31. The zero-order valence-electron chi connectivity index (χ0n) is 81.3. The van der Waals surface area contributed by atoms with E-state index in [4.69, 9.17) is 47.9 Å². The Bertz CT molecular complexity index is 4340. The van der Waals surface area contributed by atoms with Gasteiger partial charge in [0.2, 0.25) is 40.6 Å². The second-order valence-electron chi connectivity index (χ2n) is 37.4. The van der Waals surface area contributed by atoms with Gasteiger partial charge in [-0.15, -0.1) is 0 Å². The lowest BCUT2D eigenvalue weighted by Crippen LogP contribution is -2.54. The van der Waals surface area contributed by atoms with Gasteiger partial charge in [0.05, 0.1) is 6.26 Å². The third-order valence-electron chi connectivity index (χ3n) is 25.3. The summed E-state index contributed by atoms with van der Waals surface area (Å²) in [4.78, 5) is 249. The van der Waals surface area contributed by atoms with Gasteiger partial charge in [-0.2, -0.15) is 0 Å². The highest BCUT2D eigenvalue weighted by molar-refractivity contribution is 7.82. The molecular formula is C98H151N8O28PS. The molecule has 36 nitrogen and oxygen atoms in total. The number of nitrogens with zero attached hydrogens (tertiary/aromatic N) is 7. The zero-order chi connectivity index (χ0) is 102. The number of ketones is 7. The number of piperidine rings is 4. The van der Waals surface area contributed by atoms with Crippen LogP contribution in [-0.2, 0) is 86.1 Å². The van der Waals surface area contributed by atoms with E-state index >= 15 is 0 Å². The van der Waals surface area contributed by atoms with Crippen LogP contribution < -0.4 is 5.73 Å². The van der Waals surface area contributed by atoms with E-state index in [1.807, 2.05) is 26.8 Å². The summed E-state index contributed by atoms with van der Waals surface area (Å²) in [6.07, 6.45) is 31.5. The molecule has 1 aromatic heterocycles. The second-order valence-corrected chi connectivity index (χ2v) is 39.6. The molecule has 9 N–H and O–H groups in total. The number of amides is 7. The summed E-state index contributed by atoms with van der Waals surface area (Å²) < 4.78 is 16.4. The summed E-state index contributed by atoms with van der Waals surface area (Å²) in [5, 5.41) is 43.0. The molecule has 0 spiro atoms. The van der Waals surface area contributed by atoms with Crippen molar-refractivity contribution in [3.8, 4) is 0 Å². The largest absolute Gasteiger partial charge is 0.481 e. The van der Waals surface area contributed by atoms with Crippen molar-refractivity contribution in [2.24, 2.45) is 16.6 Å². The summed E-state index contributed by atoms with van der Waals surface area (Å²) in [5.74, 6) is -10.7. The lowest BCUT2D eigenvalue weighted by Gasteiger charge is -2.36. The van der Waals surface area contributed by atoms with Crippen molar-refractivity contribution in [1.29, 1.82) is 0 Å². The summed E-state index contributed by atoms with van der Waals surface area (Å²) in [5.41, 5.74) is 4.41. The number of hydrogen-bond donors (Lipinski definition) is 8. The van der Waals surface area contributed by atoms with Crippen molar-refractivity contribution >= 4 is 136 Å². The van der Waals surface area contributed by atoms with Crippen molar-refractivity contribution in [3.05, 3.63) is 60.1 Å². The third kappa shape index (κ3) is 42.9. The monoisotopic (exact) mass is 1950 g/mol. The van der Waals surface area contributed by atoms with Gasteiger partial charge >= 0.3 is 37.4 Å². The molecule has 7 amide bonds. The van der Waals surface area contributed by atoms with Gasteiger partial charge in [0.15, 0.2) is 10.7 Å². The zero-order valence-corrected chi connectivity index (χ0v) is 83.0. The fourth-order valence-corrected chi connectivity index (χ4v) is 18.8. The number of Topliss-reactive ketones (excluding diaryl/α,β-unsaturated/α-hetero) is 7. The number of carboxylic acids is 5. The summed E-state index contributed by atoms with van der Waals surface area (Å²) in [6.45, 7) is 19.7. The fourth-order valence-electron chi connectivity index (χ4n) is 17.3. The highest BCUT2D eigenvalue weighted by atomic mass is 32.1. The van der Waals surface area contributed by atoms with Gasteiger partial charge in [-0.1, -0.05) is 136 Å². The Labute approximate surface area is 805 Å². The van der Waals surface area contributed by atoms with Crippen LogP contribution in [0.3, 0.4) is 0 Å². The molecule has 7 fully saturated rings. The molecule has 0 aliphatic carbocycles.